The van der Waals surface area contributed by atoms with Gasteiger partial charge in [-0.1, -0.05) is 12.1 Å². The van der Waals surface area contributed by atoms with Gasteiger partial charge in [-0.05, 0) is 43.9 Å². The summed E-state index contributed by atoms with van der Waals surface area (Å²) in [6.07, 6.45) is 3.29. The molecule has 0 saturated carbocycles. The average molecular weight is 308 g/mol. The highest BCUT2D eigenvalue weighted by atomic mass is 32.2. The number of sulfone groups is 1. The van der Waals surface area contributed by atoms with Crippen LogP contribution in [0.3, 0.4) is 0 Å². The summed E-state index contributed by atoms with van der Waals surface area (Å²) in [4.78, 5) is 2.42. The molecule has 21 heavy (non-hydrogen) atoms. The fourth-order valence-corrected chi connectivity index (χ4v) is 5.39. The first-order chi connectivity index (χ1) is 9.96. The van der Waals surface area contributed by atoms with Crippen LogP contribution in [0.15, 0.2) is 24.3 Å². The Morgan fingerprint density at radius 1 is 1.19 bits per heavy atom. The molecule has 2 aliphatic rings. The summed E-state index contributed by atoms with van der Waals surface area (Å²) < 4.78 is 23.2. The number of nitrogens with zero attached hydrogens (tertiary/aromatic N) is 1. The van der Waals surface area contributed by atoms with Gasteiger partial charge in [0.1, 0.15) is 0 Å². The molecule has 0 spiro atoms. The Kier molecular flexibility index (Phi) is 3.97. The SMILES string of the molecule is CC1(NCc2ccc(N3CCCC3)cc2)CCS(=O)(=O)C1. The van der Waals surface area contributed by atoms with Crippen molar-refractivity contribution in [2.75, 3.05) is 29.5 Å². The van der Waals surface area contributed by atoms with Gasteiger partial charge < -0.3 is 10.2 Å². The summed E-state index contributed by atoms with van der Waals surface area (Å²) in [6, 6.07) is 8.65. The van der Waals surface area contributed by atoms with Crippen LogP contribution in [-0.4, -0.2) is 38.6 Å². The molecule has 0 bridgehead atoms. The van der Waals surface area contributed by atoms with E-state index in [9.17, 15) is 8.42 Å². The van der Waals surface area contributed by atoms with E-state index in [4.69, 9.17) is 0 Å². The monoisotopic (exact) mass is 308 g/mol. The van der Waals surface area contributed by atoms with Crippen molar-refractivity contribution in [3.63, 3.8) is 0 Å². The van der Waals surface area contributed by atoms with Crippen molar-refractivity contribution in [2.45, 2.75) is 38.3 Å². The highest BCUT2D eigenvalue weighted by Gasteiger charge is 2.37. The van der Waals surface area contributed by atoms with Crippen LogP contribution in [0.25, 0.3) is 0 Å². The van der Waals surface area contributed by atoms with Crippen molar-refractivity contribution >= 4 is 15.5 Å². The molecule has 2 heterocycles. The Hall–Kier alpha value is -1.07. The second-order valence-corrected chi connectivity index (χ2v) is 8.80. The molecule has 2 fully saturated rings. The summed E-state index contributed by atoms with van der Waals surface area (Å²) in [5, 5.41) is 3.43. The van der Waals surface area contributed by atoms with E-state index in [0.29, 0.717) is 12.2 Å². The first-order valence-corrected chi connectivity index (χ1v) is 9.57. The van der Waals surface area contributed by atoms with E-state index in [1.54, 1.807) is 0 Å². The molecule has 5 heteroatoms. The molecule has 1 unspecified atom stereocenters. The molecule has 1 N–H and O–H groups in total. The smallest absolute Gasteiger partial charge is 0.152 e. The van der Waals surface area contributed by atoms with E-state index in [0.717, 1.165) is 19.6 Å². The molecule has 116 valence electrons. The average Bonchev–Trinajstić information content (AvgIpc) is 3.06. The van der Waals surface area contributed by atoms with Gasteiger partial charge in [-0.3, -0.25) is 0 Å². The number of benzene rings is 1. The van der Waals surface area contributed by atoms with Gasteiger partial charge in [0, 0.05) is 30.9 Å². The molecule has 0 radical (unpaired) electrons. The second kappa shape index (κ2) is 5.61. The van der Waals surface area contributed by atoms with Crippen LogP contribution in [0.5, 0.6) is 0 Å². The highest BCUT2D eigenvalue weighted by molar-refractivity contribution is 7.91. The maximum Gasteiger partial charge on any atom is 0.152 e. The van der Waals surface area contributed by atoms with Gasteiger partial charge in [0.2, 0.25) is 0 Å². The van der Waals surface area contributed by atoms with Crippen LogP contribution in [0.4, 0.5) is 5.69 Å². The van der Waals surface area contributed by atoms with Crippen molar-refractivity contribution < 1.29 is 8.42 Å². The lowest BCUT2D eigenvalue weighted by molar-refractivity contribution is 0.395. The Morgan fingerprint density at radius 2 is 1.86 bits per heavy atom. The number of hydrogen-bond acceptors (Lipinski definition) is 4. The molecular weight excluding hydrogens is 284 g/mol. The van der Waals surface area contributed by atoms with E-state index >= 15 is 0 Å². The van der Waals surface area contributed by atoms with Crippen molar-refractivity contribution in [1.29, 1.82) is 0 Å². The predicted octanol–water partition coefficient (Wildman–Crippen LogP) is 1.95. The number of rotatable bonds is 4. The first kappa shape index (κ1) is 14.9. The lowest BCUT2D eigenvalue weighted by atomic mass is 10.0. The Bertz CT molecular complexity index is 591. The fraction of sp³-hybridized carbons (Fsp3) is 0.625. The van der Waals surface area contributed by atoms with Crippen LogP contribution in [-0.2, 0) is 16.4 Å². The van der Waals surface area contributed by atoms with Gasteiger partial charge in [0.05, 0.1) is 11.5 Å². The molecule has 1 atom stereocenters. The first-order valence-electron chi connectivity index (χ1n) is 7.75. The van der Waals surface area contributed by atoms with E-state index in [-0.39, 0.29) is 11.3 Å². The quantitative estimate of drug-likeness (QED) is 0.924. The fourth-order valence-electron chi connectivity index (χ4n) is 3.27. The second-order valence-electron chi connectivity index (χ2n) is 6.62. The number of anilines is 1. The van der Waals surface area contributed by atoms with Crippen molar-refractivity contribution in [3.8, 4) is 0 Å². The molecule has 4 nitrogen and oxygen atoms in total. The van der Waals surface area contributed by atoms with Gasteiger partial charge in [-0.2, -0.15) is 0 Å². The van der Waals surface area contributed by atoms with Crippen LogP contribution in [0.2, 0.25) is 0 Å². The lowest BCUT2D eigenvalue weighted by Crippen LogP contribution is -2.42. The molecule has 1 aromatic carbocycles. The van der Waals surface area contributed by atoms with Gasteiger partial charge in [-0.15, -0.1) is 0 Å². The van der Waals surface area contributed by atoms with Crippen molar-refractivity contribution in [2.24, 2.45) is 0 Å². The summed E-state index contributed by atoms with van der Waals surface area (Å²) in [5.74, 6) is 0.566. The van der Waals surface area contributed by atoms with Crippen molar-refractivity contribution in [1.82, 2.24) is 5.32 Å². The van der Waals surface area contributed by atoms with Gasteiger partial charge in [-0.25, -0.2) is 8.42 Å². The maximum absolute atomic E-state index is 11.6. The molecule has 3 rings (SSSR count). The van der Waals surface area contributed by atoms with Crippen molar-refractivity contribution in [3.05, 3.63) is 29.8 Å². The molecule has 2 aliphatic heterocycles. The Morgan fingerprint density at radius 3 is 2.43 bits per heavy atom. The van der Waals surface area contributed by atoms with E-state index in [2.05, 4.69) is 34.5 Å². The summed E-state index contributed by atoms with van der Waals surface area (Å²) in [6.45, 7) is 5.06. The molecular formula is C16H24N2O2S. The third-order valence-corrected chi connectivity index (χ3v) is 6.53. The molecule has 0 aromatic heterocycles. The van der Waals surface area contributed by atoms with E-state index < -0.39 is 9.84 Å². The van der Waals surface area contributed by atoms with Crippen LogP contribution in [0, 0.1) is 0 Å². The molecule has 2 saturated heterocycles. The van der Waals surface area contributed by atoms with Gasteiger partial charge in [0.25, 0.3) is 0 Å². The number of nitrogens with one attached hydrogen (secondary N) is 1. The summed E-state index contributed by atoms with van der Waals surface area (Å²) in [5.41, 5.74) is 2.24. The number of hydrogen-bond donors (Lipinski definition) is 1. The predicted molar refractivity (Wildman–Crippen MR) is 86.4 cm³/mol. The standard InChI is InChI=1S/C16H24N2O2S/c1-16(8-11-21(19,20)13-16)17-12-14-4-6-15(7-5-14)18-9-2-3-10-18/h4-7,17H,2-3,8-13H2,1H3. The van der Waals surface area contributed by atoms with Crippen LogP contribution < -0.4 is 10.2 Å². The molecule has 0 aliphatic carbocycles. The zero-order chi connectivity index (χ0) is 14.9. The normalized spacial score (nSPS) is 28.1. The lowest BCUT2D eigenvalue weighted by Gasteiger charge is -2.24. The van der Waals surface area contributed by atoms with Crippen LogP contribution >= 0.6 is 0 Å². The van der Waals surface area contributed by atoms with E-state index in [1.807, 2.05) is 6.92 Å². The van der Waals surface area contributed by atoms with Gasteiger partial charge in [0.15, 0.2) is 9.84 Å². The zero-order valence-electron chi connectivity index (χ0n) is 12.6. The largest absolute Gasteiger partial charge is 0.372 e. The topological polar surface area (TPSA) is 49.4 Å². The van der Waals surface area contributed by atoms with E-state index in [1.165, 1.54) is 24.1 Å². The molecule has 0 amide bonds. The third-order valence-electron chi connectivity index (χ3n) is 4.63. The van der Waals surface area contributed by atoms with Gasteiger partial charge >= 0.3 is 0 Å². The maximum atomic E-state index is 11.6. The highest BCUT2D eigenvalue weighted by Crippen LogP contribution is 2.24. The minimum atomic E-state index is -2.85. The minimum absolute atomic E-state index is 0.256. The third kappa shape index (κ3) is 3.58. The summed E-state index contributed by atoms with van der Waals surface area (Å²) in [7, 11) is -2.85. The Balaban J connectivity index is 1.58. The minimum Gasteiger partial charge on any atom is -0.372 e. The Labute approximate surface area is 127 Å². The summed E-state index contributed by atoms with van der Waals surface area (Å²) >= 11 is 0. The van der Waals surface area contributed by atoms with Crippen LogP contribution in [0.1, 0.15) is 31.7 Å². The zero-order valence-corrected chi connectivity index (χ0v) is 13.5. The molecule has 1 aromatic rings.